The zero-order chi connectivity index (χ0) is 19.6. The van der Waals surface area contributed by atoms with E-state index in [0.717, 1.165) is 12.8 Å². The third kappa shape index (κ3) is 7.59. The number of rotatable bonds is 10. The number of nitrogen functional groups attached to an aromatic ring is 1. The highest BCUT2D eigenvalue weighted by molar-refractivity contribution is 6.55. The minimum absolute atomic E-state index is 0.131. The third-order valence-electron chi connectivity index (χ3n) is 3.42. The van der Waals surface area contributed by atoms with Crippen LogP contribution >= 0.6 is 46.4 Å². The van der Waals surface area contributed by atoms with Crippen LogP contribution in [0.2, 0.25) is 10.0 Å². The summed E-state index contributed by atoms with van der Waals surface area (Å²) in [5.41, 5.74) is 6.45. The molecule has 0 saturated carbocycles. The maximum absolute atomic E-state index is 6.22. The Bertz CT molecular complexity index is 756. The Kier molecular flexibility index (Phi) is 9.22. The van der Waals surface area contributed by atoms with Crippen molar-refractivity contribution in [3.63, 3.8) is 0 Å². The van der Waals surface area contributed by atoms with Gasteiger partial charge in [-0.2, -0.15) is 0 Å². The monoisotopic (exact) mass is 449 g/mol. The molecular formula is C19H19Cl4NO3. The van der Waals surface area contributed by atoms with Crippen molar-refractivity contribution < 1.29 is 14.2 Å². The molecule has 0 fully saturated rings. The Balaban J connectivity index is 1.75. The van der Waals surface area contributed by atoms with Gasteiger partial charge in [0.15, 0.2) is 5.75 Å². The van der Waals surface area contributed by atoms with Gasteiger partial charge in [0, 0.05) is 12.1 Å². The standard InChI is InChI=1S/C19H19Cl4NO3/c20-14-11-13(25-10-7-18(22)23)12-15(21)19(14)27-9-4-3-8-26-17-6-2-1-5-16(17)24/h1-2,5-7,11-12H,3-4,8-10,24H2. The zero-order valence-corrected chi connectivity index (χ0v) is 17.4. The number of hydrogen-bond donors (Lipinski definition) is 1. The van der Waals surface area contributed by atoms with E-state index in [1.807, 2.05) is 18.2 Å². The van der Waals surface area contributed by atoms with Gasteiger partial charge in [0.25, 0.3) is 0 Å². The van der Waals surface area contributed by atoms with Gasteiger partial charge in [0.05, 0.1) is 28.9 Å². The fourth-order valence-corrected chi connectivity index (χ4v) is 2.83. The summed E-state index contributed by atoms with van der Waals surface area (Å²) in [5.74, 6) is 1.60. The molecule has 2 aromatic rings. The lowest BCUT2D eigenvalue weighted by molar-refractivity contribution is 0.267. The topological polar surface area (TPSA) is 53.7 Å². The van der Waals surface area contributed by atoms with Crippen molar-refractivity contribution in [3.8, 4) is 17.2 Å². The van der Waals surface area contributed by atoms with Crippen LogP contribution in [0.25, 0.3) is 0 Å². The minimum Gasteiger partial charge on any atom is -0.491 e. The van der Waals surface area contributed by atoms with Gasteiger partial charge < -0.3 is 19.9 Å². The van der Waals surface area contributed by atoms with E-state index in [2.05, 4.69) is 0 Å². The smallest absolute Gasteiger partial charge is 0.156 e. The highest BCUT2D eigenvalue weighted by atomic mass is 35.5. The largest absolute Gasteiger partial charge is 0.491 e. The van der Waals surface area contributed by atoms with E-state index in [4.69, 9.17) is 66.3 Å². The summed E-state index contributed by atoms with van der Waals surface area (Å²) in [6.07, 6.45) is 3.09. The molecule has 0 saturated heterocycles. The number of nitrogens with two attached hydrogens (primary N) is 1. The Labute approximate surface area is 178 Å². The van der Waals surface area contributed by atoms with Crippen LogP contribution in [0.5, 0.6) is 17.2 Å². The first-order valence-electron chi connectivity index (χ1n) is 8.20. The average molecular weight is 451 g/mol. The van der Waals surface area contributed by atoms with E-state index >= 15 is 0 Å². The Morgan fingerprint density at radius 1 is 0.926 bits per heavy atom. The second-order valence-electron chi connectivity index (χ2n) is 5.46. The molecule has 8 heteroatoms. The predicted octanol–water partition coefficient (Wildman–Crippen LogP) is 6.51. The average Bonchev–Trinajstić information content (AvgIpc) is 2.61. The van der Waals surface area contributed by atoms with Crippen molar-refractivity contribution in [3.05, 3.63) is 57.0 Å². The number of para-hydroxylation sites is 2. The highest BCUT2D eigenvalue weighted by Crippen LogP contribution is 2.37. The van der Waals surface area contributed by atoms with Crippen LogP contribution in [0.4, 0.5) is 5.69 Å². The summed E-state index contributed by atoms with van der Waals surface area (Å²) in [6.45, 7) is 1.21. The molecule has 4 nitrogen and oxygen atoms in total. The van der Waals surface area contributed by atoms with E-state index in [-0.39, 0.29) is 11.1 Å². The highest BCUT2D eigenvalue weighted by Gasteiger charge is 2.10. The number of anilines is 1. The molecule has 2 rings (SSSR count). The van der Waals surface area contributed by atoms with Crippen LogP contribution in [0.1, 0.15) is 12.8 Å². The predicted molar refractivity (Wildman–Crippen MR) is 113 cm³/mol. The van der Waals surface area contributed by atoms with Crippen molar-refractivity contribution in [2.45, 2.75) is 12.8 Å². The van der Waals surface area contributed by atoms with E-state index in [1.54, 1.807) is 18.2 Å². The Morgan fingerprint density at radius 3 is 2.19 bits per heavy atom. The molecule has 0 spiro atoms. The minimum atomic E-state index is 0.131. The van der Waals surface area contributed by atoms with Gasteiger partial charge in [0.1, 0.15) is 22.6 Å². The number of unbranched alkanes of at least 4 members (excludes halogenated alkanes) is 1. The van der Waals surface area contributed by atoms with Crippen LogP contribution in [0, 0.1) is 0 Å². The van der Waals surface area contributed by atoms with Crippen molar-refractivity contribution in [2.24, 2.45) is 0 Å². The van der Waals surface area contributed by atoms with Gasteiger partial charge in [-0.25, -0.2) is 0 Å². The molecule has 27 heavy (non-hydrogen) atoms. The van der Waals surface area contributed by atoms with E-state index < -0.39 is 0 Å². The molecule has 0 unspecified atom stereocenters. The first-order valence-corrected chi connectivity index (χ1v) is 9.71. The summed E-state index contributed by atoms with van der Waals surface area (Å²) in [7, 11) is 0. The first-order chi connectivity index (χ1) is 13.0. The van der Waals surface area contributed by atoms with Crippen LogP contribution < -0.4 is 19.9 Å². The molecule has 2 aromatic carbocycles. The lowest BCUT2D eigenvalue weighted by Crippen LogP contribution is -2.04. The van der Waals surface area contributed by atoms with Gasteiger partial charge in [-0.15, -0.1) is 0 Å². The van der Waals surface area contributed by atoms with Gasteiger partial charge in [-0.05, 0) is 31.1 Å². The number of ether oxygens (including phenoxy) is 3. The van der Waals surface area contributed by atoms with E-state index in [9.17, 15) is 0 Å². The molecule has 0 aliphatic heterocycles. The lowest BCUT2D eigenvalue weighted by atomic mass is 10.3. The third-order valence-corrected chi connectivity index (χ3v) is 4.29. The number of halogens is 4. The van der Waals surface area contributed by atoms with Crippen LogP contribution in [-0.2, 0) is 0 Å². The van der Waals surface area contributed by atoms with Gasteiger partial charge in [0.2, 0.25) is 0 Å². The normalized spacial score (nSPS) is 10.4. The van der Waals surface area contributed by atoms with Gasteiger partial charge >= 0.3 is 0 Å². The summed E-state index contributed by atoms with van der Waals surface area (Å²) < 4.78 is 16.9. The quantitative estimate of drug-likeness (QED) is 0.331. The molecule has 0 amide bonds. The summed E-state index contributed by atoms with van der Waals surface area (Å²) >= 11 is 23.5. The number of hydrogen-bond acceptors (Lipinski definition) is 4. The molecule has 0 aliphatic carbocycles. The summed E-state index contributed by atoms with van der Waals surface area (Å²) in [5, 5.41) is 0.735. The van der Waals surface area contributed by atoms with Gasteiger partial charge in [-0.3, -0.25) is 0 Å². The van der Waals surface area contributed by atoms with Crippen molar-refractivity contribution in [1.82, 2.24) is 0 Å². The molecule has 0 atom stereocenters. The molecular weight excluding hydrogens is 432 g/mol. The van der Waals surface area contributed by atoms with Crippen molar-refractivity contribution >= 4 is 52.1 Å². The Morgan fingerprint density at radius 2 is 1.56 bits per heavy atom. The van der Waals surface area contributed by atoms with Crippen molar-refractivity contribution in [1.29, 1.82) is 0 Å². The van der Waals surface area contributed by atoms with Crippen LogP contribution in [-0.4, -0.2) is 19.8 Å². The fraction of sp³-hybridized carbons (Fsp3) is 0.263. The molecule has 2 N–H and O–H groups in total. The maximum atomic E-state index is 6.22. The molecule has 0 radical (unpaired) electrons. The molecule has 0 bridgehead atoms. The molecule has 0 heterocycles. The molecule has 146 valence electrons. The number of benzene rings is 2. The zero-order valence-electron chi connectivity index (χ0n) is 14.4. The van der Waals surface area contributed by atoms with Crippen LogP contribution in [0.3, 0.4) is 0 Å². The first kappa shape index (κ1) is 21.8. The van der Waals surface area contributed by atoms with Gasteiger partial charge in [-0.1, -0.05) is 58.5 Å². The van der Waals surface area contributed by atoms with Crippen LogP contribution in [0.15, 0.2) is 47.0 Å². The van der Waals surface area contributed by atoms with Crippen molar-refractivity contribution in [2.75, 3.05) is 25.6 Å². The molecule has 0 aromatic heterocycles. The van der Waals surface area contributed by atoms with E-state index in [0.29, 0.717) is 46.2 Å². The SMILES string of the molecule is Nc1ccccc1OCCCCOc1c(Cl)cc(OCC=C(Cl)Cl)cc1Cl. The second-order valence-corrected chi connectivity index (χ2v) is 7.28. The lowest BCUT2D eigenvalue weighted by Gasteiger charge is -2.12. The summed E-state index contributed by atoms with van der Waals surface area (Å²) in [4.78, 5) is 0. The second kappa shape index (κ2) is 11.4. The fourth-order valence-electron chi connectivity index (χ4n) is 2.13. The van der Waals surface area contributed by atoms with E-state index in [1.165, 1.54) is 6.08 Å². The Hall–Kier alpha value is -1.46. The summed E-state index contributed by atoms with van der Waals surface area (Å²) in [6, 6.07) is 10.6. The maximum Gasteiger partial charge on any atom is 0.156 e. The molecule has 0 aliphatic rings.